The van der Waals surface area contributed by atoms with Crippen molar-refractivity contribution in [2.24, 2.45) is 0 Å². The minimum absolute atomic E-state index is 0.208. The van der Waals surface area contributed by atoms with E-state index in [0.717, 1.165) is 27.4 Å². The topological polar surface area (TPSA) is 70.2 Å². The van der Waals surface area contributed by atoms with Crippen molar-refractivity contribution < 1.29 is 9.15 Å². The highest BCUT2D eigenvalue weighted by atomic mass is 32.1. The van der Waals surface area contributed by atoms with Gasteiger partial charge in [-0.15, -0.1) is 11.3 Å². The van der Waals surface area contributed by atoms with Gasteiger partial charge in [0, 0.05) is 16.3 Å². The number of methoxy groups -OCH3 is 1. The van der Waals surface area contributed by atoms with Crippen LogP contribution in [0, 0.1) is 0 Å². The molecule has 7 heteroatoms. The number of para-hydroxylation sites is 1. The largest absolute Gasteiger partial charge is 0.497 e. The molecule has 0 saturated heterocycles. The van der Waals surface area contributed by atoms with Crippen LogP contribution in [0.15, 0.2) is 69.5 Å². The fourth-order valence-electron chi connectivity index (χ4n) is 3.15. The monoisotopic (exact) mass is 389 g/mol. The van der Waals surface area contributed by atoms with E-state index in [1.54, 1.807) is 13.4 Å². The number of ether oxygens (including phenoxy) is 1. The van der Waals surface area contributed by atoms with Gasteiger partial charge in [0.05, 0.1) is 25.7 Å². The molecule has 0 fully saturated rings. The predicted molar refractivity (Wildman–Crippen MR) is 109 cm³/mol. The van der Waals surface area contributed by atoms with Gasteiger partial charge in [0.2, 0.25) is 5.58 Å². The van der Waals surface area contributed by atoms with Crippen molar-refractivity contribution in [1.29, 1.82) is 0 Å². The molecule has 138 valence electrons. The van der Waals surface area contributed by atoms with Crippen LogP contribution < -0.4 is 10.3 Å². The molecule has 3 aromatic heterocycles. The van der Waals surface area contributed by atoms with E-state index >= 15 is 0 Å². The molecule has 0 amide bonds. The number of aromatic nitrogens is 3. The summed E-state index contributed by atoms with van der Waals surface area (Å²) in [5, 5.41) is 3.69. The molecule has 5 rings (SSSR count). The first-order valence-electron chi connectivity index (χ1n) is 8.68. The number of benzene rings is 2. The maximum atomic E-state index is 12.8. The Morgan fingerprint density at radius 1 is 1.14 bits per heavy atom. The Kier molecular flexibility index (Phi) is 3.95. The van der Waals surface area contributed by atoms with Gasteiger partial charge < -0.3 is 9.15 Å². The second-order valence-electron chi connectivity index (χ2n) is 6.33. The van der Waals surface area contributed by atoms with Gasteiger partial charge in [-0.05, 0) is 36.4 Å². The third-order valence-corrected chi connectivity index (χ3v) is 5.51. The Balaban J connectivity index is 1.48. The minimum atomic E-state index is -0.208. The lowest BCUT2D eigenvalue weighted by molar-refractivity contribution is 0.415. The molecule has 28 heavy (non-hydrogen) atoms. The maximum absolute atomic E-state index is 12.8. The van der Waals surface area contributed by atoms with Gasteiger partial charge in [-0.3, -0.25) is 9.36 Å². The van der Waals surface area contributed by atoms with E-state index in [1.165, 1.54) is 15.9 Å². The highest BCUT2D eigenvalue weighted by molar-refractivity contribution is 7.13. The second kappa shape index (κ2) is 6.61. The summed E-state index contributed by atoms with van der Waals surface area (Å²) in [6.45, 7) is 0.339. The Hall–Kier alpha value is -3.45. The van der Waals surface area contributed by atoms with Gasteiger partial charge in [-0.1, -0.05) is 12.1 Å². The van der Waals surface area contributed by atoms with Crippen molar-refractivity contribution in [1.82, 2.24) is 14.5 Å². The van der Waals surface area contributed by atoms with E-state index in [2.05, 4.69) is 9.97 Å². The zero-order valence-electron chi connectivity index (χ0n) is 15.0. The lowest BCUT2D eigenvalue weighted by Gasteiger charge is -2.02. The smallest absolute Gasteiger partial charge is 0.297 e. The number of thiazole rings is 1. The SMILES string of the molecule is COc1ccc(-c2nc(Cn3cnc4c(oc5ccccc54)c3=O)cs2)cc1. The summed E-state index contributed by atoms with van der Waals surface area (Å²) in [6, 6.07) is 15.3. The summed E-state index contributed by atoms with van der Waals surface area (Å²) in [7, 11) is 1.64. The number of nitrogens with zero attached hydrogens (tertiary/aromatic N) is 3. The molecule has 6 nitrogen and oxygen atoms in total. The number of fused-ring (bicyclic) bond motifs is 3. The van der Waals surface area contributed by atoms with Crippen LogP contribution in [-0.2, 0) is 6.54 Å². The zero-order valence-corrected chi connectivity index (χ0v) is 15.8. The Bertz CT molecular complexity index is 1350. The Morgan fingerprint density at radius 2 is 1.96 bits per heavy atom. The second-order valence-corrected chi connectivity index (χ2v) is 7.18. The quantitative estimate of drug-likeness (QED) is 0.458. The Morgan fingerprint density at radius 3 is 2.79 bits per heavy atom. The van der Waals surface area contributed by atoms with Crippen molar-refractivity contribution in [3.05, 3.63) is 76.3 Å². The molecular weight excluding hydrogens is 374 g/mol. The number of rotatable bonds is 4. The van der Waals surface area contributed by atoms with Crippen LogP contribution in [0.4, 0.5) is 0 Å². The van der Waals surface area contributed by atoms with Gasteiger partial charge in [-0.25, -0.2) is 9.97 Å². The molecule has 0 N–H and O–H groups in total. The van der Waals surface area contributed by atoms with E-state index in [1.807, 2.05) is 53.9 Å². The van der Waals surface area contributed by atoms with Crippen molar-refractivity contribution in [2.75, 3.05) is 7.11 Å². The Labute approximate surface area is 163 Å². The van der Waals surface area contributed by atoms with Crippen LogP contribution in [0.3, 0.4) is 0 Å². The summed E-state index contributed by atoms with van der Waals surface area (Å²) >= 11 is 1.54. The molecule has 0 unspecified atom stereocenters. The molecule has 0 aliphatic carbocycles. The summed E-state index contributed by atoms with van der Waals surface area (Å²) in [6.07, 6.45) is 1.55. The van der Waals surface area contributed by atoms with Crippen LogP contribution in [0.25, 0.3) is 32.6 Å². The van der Waals surface area contributed by atoms with Crippen molar-refractivity contribution in [2.45, 2.75) is 6.54 Å². The maximum Gasteiger partial charge on any atom is 0.297 e. The number of furan rings is 1. The normalized spacial score (nSPS) is 11.3. The van der Waals surface area contributed by atoms with Crippen LogP contribution in [-0.4, -0.2) is 21.6 Å². The number of hydrogen-bond acceptors (Lipinski definition) is 6. The lowest BCUT2D eigenvalue weighted by atomic mass is 10.2. The highest BCUT2D eigenvalue weighted by Crippen LogP contribution is 2.27. The van der Waals surface area contributed by atoms with Gasteiger partial charge in [-0.2, -0.15) is 0 Å². The predicted octanol–water partition coefficient (Wildman–Crippen LogP) is 4.32. The van der Waals surface area contributed by atoms with Crippen LogP contribution in [0.1, 0.15) is 5.69 Å². The highest BCUT2D eigenvalue weighted by Gasteiger charge is 2.14. The standard InChI is InChI=1S/C21H15N3O3S/c1-26-15-8-6-13(7-9-15)20-23-14(11-28-20)10-24-12-22-18-16-4-2-3-5-17(16)27-19(18)21(24)25/h2-9,11-12H,10H2,1H3. The molecule has 0 radical (unpaired) electrons. The summed E-state index contributed by atoms with van der Waals surface area (Å²) < 4.78 is 12.4. The van der Waals surface area contributed by atoms with Crippen molar-refractivity contribution in [3.63, 3.8) is 0 Å². The summed E-state index contributed by atoms with van der Waals surface area (Å²) in [5.41, 5.74) is 3.13. The average Bonchev–Trinajstić information content (AvgIpc) is 3.35. The van der Waals surface area contributed by atoms with Crippen LogP contribution in [0.5, 0.6) is 5.75 Å². The third kappa shape index (κ3) is 2.76. The molecule has 0 aliphatic heterocycles. The first-order valence-corrected chi connectivity index (χ1v) is 9.56. The lowest BCUT2D eigenvalue weighted by Crippen LogP contribution is -2.20. The molecular formula is C21H15N3O3S. The first kappa shape index (κ1) is 16.7. The van der Waals surface area contributed by atoms with Gasteiger partial charge in [0.1, 0.15) is 21.9 Å². The van der Waals surface area contributed by atoms with Gasteiger partial charge in [0.25, 0.3) is 5.56 Å². The molecule has 2 aromatic carbocycles. The summed E-state index contributed by atoms with van der Waals surface area (Å²) in [5.74, 6) is 0.803. The third-order valence-electron chi connectivity index (χ3n) is 4.57. The molecule has 0 aliphatic rings. The zero-order chi connectivity index (χ0) is 19.1. The van der Waals surface area contributed by atoms with Gasteiger partial charge in [0.15, 0.2) is 0 Å². The van der Waals surface area contributed by atoms with E-state index in [-0.39, 0.29) is 11.1 Å². The molecule has 0 bridgehead atoms. The number of hydrogen-bond donors (Lipinski definition) is 0. The van der Waals surface area contributed by atoms with E-state index in [4.69, 9.17) is 9.15 Å². The van der Waals surface area contributed by atoms with Crippen LogP contribution in [0.2, 0.25) is 0 Å². The first-order chi connectivity index (χ1) is 13.7. The van der Waals surface area contributed by atoms with Crippen LogP contribution >= 0.6 is 11.3 Å². The molecule has 5 aromatic rings. The van der Waals surface area contributed by atoms with E-state index in [9.17, 15) is 4.79 Å². The van der Waals surface area contributed by atoms with E-state index < -0.39 is 0 Å². The summed E-state index contributed by atoms with van der Waals surface area (Å²) in [4.78, 5) is 21.9. The average molecular weight is 389 g/mol. The van der Waals surface area contributed by atoms with Crippen molar-refractivity contribution >= 4 is 33.4 Å². The molecule has 3 heterocycles. The molecule has 0 saturated carbocycles. The fraction of sp³-hybridized carbons (Fsp3) is 0.0952. The molecule has 0 atom stereocenters. The van der Waals surface area contributed by atoms with Gasteiger partial charge >= 0.3 is 0 Å². The van der Waals surface area contributed by atoms with Crippen molar-refractivity contribution in [3.8, 4) is 16.3 Å². The molecule has 0 spiro atoms. The van der Waals surface area contributed by atoms with E-state index in [0.29, 0.717) is 17.6 Å². The minimum Gasteiger partial charge on any atom is -0.497 e. The fourth-order valence-corrected chi connectivity index (χ4v) is 3.97.